The predicted octanol–water partition coefficient (Wildman–Crippen LogP) is 1.96. The van der Waals surface area contributed by atoms with Crippen molar-refractivity contribution in [1.82, 2.24) is 0 Å². The Morgan fingerprint density at radius 2 is 1.68 bits per heavy atom. The van der Waals surface area contributed by atoms with Gasteiger partial charge in [-0.05, 0) is 56.3 Å². The van der Waals surface area contributed by atoms with Gasteiger partial charge >= 0.3 is 0 Å². The molecule has 7 aliphatic rings. The molecule has 5 aliphatic carbocycles. The van der Waals surface area contributed by atoms with Gasteiger partial charge in [-0.2, -0.15) is 0 Å². The van der Waals surface area contributed by atoms with E-state index in [-0.39, 0.29) is 35.1 Å². The van der Waals surface area contributed by atoms with Crippen molar-refractivity contribution in [2.75, 3.05) is 6.61 Å². The van der Waals surface area contributed by atoms with Crippen LogP contribution in [0.25, 0.3) is 0 Å². The Labute approximate surface area is 129 Å². The van der Waals surface area contributed by atoms with Gasteiger partial charge in [-0.1, -0.05) is 0 Å². The van der Waals surface area contributed by atoms with Crippen molar-refractivity contribution in [3.05, 3.63) is 0 Å². The van der Waals surface area contributed by atoms with Crippen LogP contribution in [0.3, 0.4) is 0 Å². The number of fused-ring (bicyclic) bond motifs is 4. The second kappa shape index (κ2) is 3.84. The zero-order valence-corrected chi connectivity index (χ0v) is 12.7. The Morgan fingerprint density at radius 3 is 2.32 bits per heavy atom. The van der Waals surface area contributed by atoms with E-state index in [1.165, 1.54) is 19.3 Å². The summed E-state index contributed by atoms with van der Waals surface area (Å²) >= 11 is 0. The molecule has 2 saturated heterocycles. The molecule has 0 aromatic rings. The van der Waals surface area contributed by atoms with Crippen LogP contribution < -0.4 is 0 Å². The first-order valence-electron chi connectivity index (χ1n) is 9.00. The van der Waals surface area contributed by atoms with Crippen LogP contribution in [0, 0.1) is 40.9 Å². The Balaban J connectivity index is 1.31. The summed E-state index contributed by atoms with van der Waals surface area (Å²) < 4.78 is 11.0. The van der Waals surface area contributed by atoms with Gasteiger partial charge in [-0.3, -0.25) is 9.59 Å². The average Bonchev–Trinajstić information content (AvgIpc) is 3.07. The lowest BCUT2D eigenvalue weighted by molar-refractivity contribution is -0.154. The summed E-state index contributed by atoms with van der Waals surface area (Å²) in [5.41, 5.74) is -0.0723. The first-order chi connectivity index (χ1) is 10.6. The summed E-state index contributed by atoms with van der Waals surface area (Å²) in [5.74, 6) is 2.84. The van der Waals surface area contributed by atoms with Gasteiger partial charge in [0.15, 0.2) is 5.78 Å². The maximum atomic E-state index is 13.4. The highest BCUT2D eigenvalue weighted by molar-refractivity contribution is 6.00. The van der Waals surface area contributed by atoms with E-state index in [0.29, 0.717) is 12.4 Å². The molecule has 5 atom stereocenters. The summed E-state index contributed by atoms with van der Waals surface area (Å²) in [5, 5.41) is 0. The molecule has 0 amide bonds. The topological polar surface area (TPSA) is 52.6 Å². The maximum Gasteiger partial charge on any atom is 0.218 e. The molecule has 7 fully saturated rings. The second-order valence-corrected chi connectivity index (χ2v) is 8.93. The monoisotopic (exact) mass is 302 g/mol. The number of hydrogen-bond donors (Lipinski definition) is 0. The third kappa shape index (κ3) is 1.42. The van der Waals surface area contributed by atoms with E-state index in [1.54, 1.807) is 0 Å². The zero-order valence-electron chi connectivity index (χ0n) is 12.7. The molecular weight excluding hydrogens is 280 g/mol. The summed E-state index contributed by atoms with van der Waals surface area (Å²) in [4.78, 5) is 25.8. The Bertz CT molecular complexity index is 546. The van der Waals surface area contributed by atoms with Crippen LogP contribution in [0.1, 0.15) is 38.5 Å². The van der Waals surface area contributed by atoms with Gasteiger partial charge < -0.3 is 9.47 Å². The Morgan fingerprint density at radius 1 is 1.05 bits per heavy atom. The standard InChI is InChI=1S/C18H22O4/c19-15-13-12(11-7-21-17(15)22-11)14(13)16(20)18-4-8-1-9(5-18)3-10(2-8)6-18/h8-14,17H,1-7H2/t8?,9?,10?,11-,12+,13+,14+,17+,18?/m1/s1. The molecule has 2 heterocycles. The molecule has 2 aliphatic heterocycles. The largest absolute Gasteiger partial charge is 0.343 e. The highest BCUT2D eigenvalue weighted by Gasteiger charge is 2.71. The number of carbonyl (C=O) groups excluding carboxylic acids is 2. The van der Waals surface area contributed by atoms with Gasteiger partial charge in [0.2, 0.25) is 6.29 Å². The van der Waals surface area contributed by atoms with Crippen LogP contribution >= 0.6 is 0 Å². The summed E-state index contributed by atoms with van der Waals surface area (Å²) in [6, 6.07) is 0. The Hall–Kier alpha value is -0.740. The molecule has 0 aromatic heterocycles. The Kier molecular flexibility index (Phi) is 2.21. The quantitative estimate of drug-likeness (QED) is 0.782. The first-order valence-corrected chi connectivity index (χ1v) is 9.00. The molecule has 7 rings (SSSR count). The molecule has 0 radical (unpaired) electrons. The van der Waals surface area contributed by atoms with Crippen LogP contribution in [0.15, 0.2) is 0 Å². The van der Waals surface area contributed by atoms with E-state index >= 15 is 0 Å². The summed E-state index contributed by atoms with van der Waals surface area (Å²) in [6.07, 6.45) is 6.70. The van der Waals surface area contributed by atoms with E-state index in [0.717, 1.165) is 37.0 Å². The molecule has 118 valence electrons. The number of carbonyl (C=O) groups is 2. The molecule has 0 aromatic carbocycles. The fourth-order valence-electron chi connectivity index (χ4n) is 7.20. The predicted molar refractivity (Wildman–Crippen MR) is 75.7 cm³/mol. The third-order valence-electron chi connectivity index (χ3n) is 7.64. The molecule has 5 saturated carbocycles. The van der Waals surface area contributed by atoms with Gasteiger partial charge in [0.05, 0.1) is 12.7 Å². The molecule has 0 spiro atoms. The van der Waals surface area contributed by atoms with Crippen LogP contribution in [-0.4, -0.2) is 30.6 Å². The van der Waals surface area contributed by atoms with Gasteiger partial charge in [0, 0.05) is 23.2 Å². The minimum Gasteiger partial charge on any atom is -0.343 e. The fraction of sp³-hybridized carbons (Fsp3) is 0.889. The van der Waals surface area contributed by atoms with Gasteiger partial charge in [0.1, 0.15) is 5.78 Å². The fourth-order valence-corrected chi connectivity index (χ4v) is 7.20. The van der Waals surface area contributed by atoms with E-state index in [2.05, 4.69) is 0 Å². The summed E-state index contributed by atoms with van der Waals surface area (Å²) in [6.45, 7) is 0.502. The van der Waals surface area contributed by atoms with Crippen molar-refractivity contribution in [2.24, 2.45) is 40.9 Å². The minimum absolute atomic E-state index is 0.00411. The van der Waals surface area contributed by atoms with Gasteiger partial charge in [0.25, 0.3) is 0 Å². The second-order valence-electron chi connectivity index (χ2n) is 8.93. The average molecular weight is 302 g/mol. The van der Waals surface area contributed by atoms with E-state index in [4.69, 9.17) is 9.47 Å². The van der Waals surface area contributed by atoms with E-state index < -0.39 is 6.29 Å². The molecule has 6 bridgehead atoms. The van der Waals surface area contributed by atoms with Crippen molar-refractivity contribution in [1.29, 1.82) is 0 Å². The van der Waals surface area contributed by atoms with Crippen LogP contribution in [0.4, 0.5) is 0 Å². The number of hydrogen-bond acceptors (Lipinski definition) is 4. The van der Waals surface area contributed by atoms with Crippen molar-refractivity contribution in [2.45, 2.75) is 50.9 Å². The molecule has 4 nitrogen and oxygen atoms in total. The molecule has 0 unspecified atom stereocenters. The lowest BCUT2D eigenvalue weighted by Gasteiger charge is -2.56. The first kappa shape index (κ1) is 12.7. The normalized spacial score (nSPS) is 60.5. The highest BCUT2D eigenvalue weighted by Crippen LogP contribution is 2.65. The summed E-state index contributed by atoms with van der Waals surface area (Å²) in [7, 11) is 0. The lowest BCUT2D eigenvalue weighted by atomic mass is 9.48. The number of ether oxygens (including phenoxy) is 2. The van der Waals surface area contributed by atoms with E-state index in [1.807, 2.05) is 0 Å². The van der Waals surface area contributed by atoms with Crippen molar-refractivity contribution in [3.8, 4) is 0 Å². The van der Waals surface area contributed by atoms with E-state index in [9.17, 15) is 9.59 Å². The SMILES string of the molecule is O=C1[C@H]2OC[C@@H](O2)[C@H]2[C@H]1[C@H]2C(=O)C12CC3CC(CC(C3)C1)C2. The maximum absolute atomic E-state index is 13.4. The van der Waals surface area contributed by atoms with Crippen LogP contribution in [0.2, 0.25) is 0 Å². The number of Topliss-reactive ketones (excluding diaryl/α,β-unsaturated/α-hetero) is 2. The lowest BCUT2D eigenvalue weighted by Crippen LogP contribution is -2.50. The van der Waals surface area contributed by atoms with Crippen molar-refractivity contribution in [3.63, 3.8) is 0 Å². The van der Waals surface area contributed by atoms with Gasteiger partial charge in [-0.25, -0.2) is 0 Å². The zero-order chi connectivity index (χ0) is 14.6. The molecule has 4 heteroatoms. The highest BCUT2D eigenvalue weighted by atomic mass is 16.7. The molecule has 0 N–H and O–H groups in total. The van der Waals surface area contributed by atoms with Crippen LogP contribution in [0.5, 0.6) is 0 Å². The smallest absolute Gasteiger partial charge is 0.218 e. The number of rotatable bonds is 2. The minimum atomic E-state index is -0.666. The van der Waals surface area contributed by atoms with Gasteiger partial charge in [-0.15, -0.1) is 0 Å². The molecule has 22 heavy (non-hydrogen) atoms. The van der Waals surface area contributed by atoms with Crippen molar-refractivity contribution >= 4 is 11.6 Å². The number of ketones is 2. The van der Waals surface area contributed by atoms with Crippen molar-refractivity contribution < 1.29 is 19.1 Å². The van der Waals surface area contributed by atoms with Crippen LogP contribution in [-0.2, 0) is 19.1 Å². The molecular formula is C18H22O4. The third-order valence-corrected chi connectivity index (χ3v) is 7.64.